The standard InChI is InChI=1S/C66H100O32/c1-15-25-83-33-17-21-35(22-18-33)85-31-41-47-53(75-7)60(82-14)66(92-41)98-48-42(32-86-36-23-19-34(20-24-36)84-26-16-2)91-65(59(81-13)54(48)76-8)96-46-40(30-70)89-63(57(79-11)52(46)74-6)94-44-38(28-68)87-61(55(77-9)50(44)72-4)93-43-37(27-67)88-62(56(78-10)49(43)71-3)95-45-39(29-69)90-64(97-47)58(80-12)51(45)73-5/h15-24,37-70H,1-2,25-32H2,3-14H3/t37-,38-,39-,40-,41-,42-,43-,44-,45-,46-,47-,48-,49+,50+,51+,52+,53+,54+,55-,56-,57-,58-,59-,60-,61-,62-,63-,64-,65-,66-/m1/s1. The Balaban J connectivity index is 1.15. The van der Waals surface area contributed by atoms with Gasteiger partial charge in [-0.05, 0) is 48.5 Å². The molecular formula is C66H100O32. The van der Waals surface area contributed by atoms with E-state index in [1.54, 1.807) is 60.7 Å². The highest BCUT2D eigenvalue weighted by atomic mass is 16.8. The summed E-state index contributed by atoms with van der Waals surface area (Å²) in [4.78, 5) is 0. The van der Waals surface area contributed by atoms with Gasteiger partial charge in [0.1, 0.15) is 196 Å². The van der Waals surface area contributed by atoms with Gasteiger partial charge < -0.3 is 153 Å². The van der Waals surface area contributed by atoms with Crippen LogP contribution in [-0.4, -0.2) is 343 Å². The molecule has 0 spiro atoms. The normalized spacial score (nSPS) is 40.9. The molecule has 22 fully saturated rings. The molecule has 2 aromatic rings. The molecule has 22 aliphatic rings. The van der Waals surface area contributed by atoms with Gasteiger partial charge in [-0.15, -0.1) is 0 Å². The molecule has 4 N–H and O–H groups in total. The van der Waals surface area contributed by atoms with E-state index in [9.17, 15) is 20.4 Å². The second-order valence-electron chi connectivity index (χ2n) is 23.8. The second-order valence-corrected chi connectivity index (χ2v) is 23.8. The SMILES string of the molecule is C=CCOc1ccc(OC[C@H]2O[C@@H]3O[C@H]4[C@H](OC)[C@@H](OC)[C@@H](O[C@H]5[C@H](OC)[C@@H](OC)[C@@H](O[C@H]6[C@H](OC)[C@@H](OC)[C@@H](O[C@H]7[C@H](OC)[C@@H](OC)[C@@H](O[C@H]8[C@H](OC)[C@@H](OC)[C@@H](O[C@H]2[C@H](OC)[C@H]3OC)O[C@@H]8CO)O[C@@H]7CO)O[C@@H]6CO)O[C@@H]5CO)O[C@@H]4COc2ccc(OCC=C)cc2)cc1. The molecule has 0 amide bonds. The van der Waals surface area contributed by atoms with Crippen LogP contribution in [0, 0.1) is 0 Å². The summed E-state index contributed by atoms with van der Waals surface area (Å²) in [5.41, 5.74) is 0. The molecule has 30 atom stereocenters. The molecule has 0 aliphatic carbocycles. The highest BCUT2D eigenvalue weighted by molar-refractivity contribution is 5.32. The van der Waals surface area contributed by atoms with Crippen molar-refractivity contribution in [1.29, 1.82) is 0 Å². The third kappa shape index (κ3) is 17.3. The molecule has 32 heteroatoms. The molecule has 22 saturated heterocycles. The van der Waals surface area contributed by atoms with E-state index in [1.807, 2.05) is 0 Å². The van der Waals surface area contributed by atoms with Crippen molar-refractivity contribution in [1.82, 2.24) is 0 Å². The largest absolute Gasteiger partial charge is 0.491 e. The van der Waals surface area contributed by atoms with Crippen molar-refractivity contribution in [2.24, 2.45) is 0 Å². The number of hydrogen-bond donors (Lipinski definition) is 4. The lowest BCUT2D eigenvalue weighted by Crippen LogP contribution is -2.70. The third-order valence-corrected chi connectivity index (χ3v) is 18.5. The quantitative estimate of drug-likeness (QED) is 0.0821. The topological polar surface area (TPSA) is 339 Å². The van der Waals surface area contributed by atoms with Crippen LogP contribution in [0.25, 0.3) is 0 Å². The lowest BCUT2D eigenvalue weighted by Gasteiger charge is -2.53. The van der Waals surface area contributed by atoms with E-state index < -0.39 is 211 Å². The van der Waals surface area contributed by atoms with Gasteiger partial charge in [0.25, 0.3) is 0 Å². The summed E-state index contributed by atoms with van der Waals surface area (Å²) in [6.07, 6.45) is -33.0. The summed E-state index contributed by atoms with van der Waals surface area (Å²) in [6.45, 7) is 4.93. The van der Waals surface area contributed by atoms with Gasteiger partial charge >= 0.3 is 0 Å². The maximum absolute atomic E-state index is 11.3. The monoisotopic (exact) mass is 1400 g/mol. The van der Waals surface area contributed by atoms with Crippen LogP contribution in [0.2, 0.25) is 0 Å². The van der Waals surface area contributed by atoms with Gasteiger partial charge in [-0.2, -0.15) is 0 Å². The zero-order valence-electron chi connectivity index (χ0n) is 57.4. The first-order valence-electron chi connectivity index (χ1n) is 32.3. The predicted octanol–water partition coefficient (Wildman–Crippen LogP) is 0.0974. The Morgan fingerprint density at radius 3 is 0.612 bits per heavy atom. The number of methoxy groups -OCH3 is 12. The first-order valence-corrected chi connectivity index (χ1v) is 32.3. The molecule has 0 radical (unpaired) electrons. The minimum absolute atomic E-state index is 0.223. The van der Waals surface area contributed by atoms with Crippen molar-refractivity contribution in [3.05, 3.63) is 73.8 Å². The summed E-state index contributed by atoms with van der Waals surface area (Å²) < 4.78 is 181. The van der Waals surface area contributed by atoms with E-state index in [0.29, 0.717) is 23.0 Å². The van der Waals surface area contributed by atoms with Crippen LogP contribution in [0.5, 0.6) is 23.0 Å². The zero-order valence-corrected chi connectivity index (χ0v) is 57.4. The van der Waals surface area contributed by atoms with Crippen LogP contribution in [0.3, 0.4) is 0 Å². The fourth-order valence-corrected chi connectivity index (χ4v) is 13.7. The lowest BCUT2D eigenvalue weighted by atomic mass is 9.94. The maximum Gasteiger partial charge on any atom is 0.187 e. The smallest absolute Gasteiger partial charge is 0.187 e. The first-order chi connectivity index (χ1) is 47.8. The van der Waals surface area contributed by atoms with Gasteiger partial charge in [0.05, 0.1) is 26.4 Å². The van der Waals surface area contributed by atoms with Crippen LogP contribution in [-0.2, 0) is 114 Å². The van der Waals surface area contributed by atoms with Crippen molar-refractivity contribution in [2.45, 2.75) is 184 Å². The number of rotatable bonds is 28. The Labute approximate surface area is 570 Å². The highest BCUT2D eigenvalue weighted by Crippen LogP contribution is 2.42. The molecule has 12 bridgehead atoms. The fourth-order valence-electron chi connectivity index (χ4n) is 13.7. The van der Waals surface area contributed by atoms with Crippen molar-refractivity contribution in [3.63, 3.8) is 0 Å². The number of aliphatic hydroxyl groups excluding tert-OH is 4. The molecule has 98 heavy (non-hydrogen) atoms. The summed E-state index contributed by atoms with van der Waals surface area (Å²) in [6, 6.07) is 13.8. The van der Waals surface area contributed by atoms with Gasteiger partial charge in [-0.25, -0.2) is 0 Å². The number of hydrogen-bond acceptors (Lipinski definition) is 32. The Kier molecular flexibility index (Phi) is 30.3. The van der Waals surface area contributed by atoms with Crippen molar-refractivity contribution in [2.75, 3.05) is 138 Å². The summed E-state index contributed by atoms with van der Waals surface area (Å²) in [7, 11) is 17.1. The van der Waals surface area contributed by atoms with Gasteiger partial charge in [0.2, 0.25) is 0 Å². The maximum atomic E-state index is 11.3. The van der Waals surface area contributed by atoms with Crippen LogP contribution in [0.1, 0.15) is 0 Å². The second kappa shape index (κ2) is 38.0. The Bertz CT molecular complexity index is 2570. The zero-order chi connectivity index (χ0) is 70.2. The summed E-state index contributed by atoms with van der Waals surface area (Å²) in [5, 5.41) is 45.0. The molecule has 0 unspecified atom stereocenters. The first kappa shape index (κ1) is 78.1. The van der Waals surface area contributed by atoms with Gasteiger partial charge in [-0.3, -0.25) is 0 Å². The molecule has 556 valence electrons. The van der Waals surface area contributed by atoms with Crippen LogP contribution >= 0.6 is 0 Å². The van der Waals surface area contributed by atoms with E-state index in [4.69, 9.17) is 133 Å². The molecule has 32 nitrogen and oxygen atoms in total. The van der Waals surface area contributed by atoms with E-state index in [1.165, 1.54) is 85.3 Å². The van der Waals surface area contributed by atoms with Crippen LogP contribution in [0.4, 0.5) is 0 Å². The molecule has 0 aromatic heterocycles. The van der Waals surface area contributed by atoms with Gasteiger partial charge in [-0.1, -0.05) is 25.3 Å². The molecule has 24 rings (SSSR count). The molecule has 2 aromatic carbocycles. The third-order valence-electron chi connectivity index (χ3n) is 18.5. The number of ether oxygens (including phenoxy) is 28. The Hall–Kier alpha value is -4.00. The van der Waals surface area contributed by atoms with Crippen molar-refractivity contribution < 1.29 is 153 Å². The Morgan fingerprint density at radius 1 is 0.265 bits per heavy atom. The molecule has 0 saturated carbocycles. The summed E-state index contributed by atoms with van der Waals surface area (Å²) in [5.74, 6) is 1.98. The average molecular weight is 1410 g/mol. The summed E-state index contributed by atoms with van der Waals surface area (Å²) >= 11 is 0. The fraction of sp³-hybridized carbons (Fsp3) is 0.758. The minimum atomic E-state index is -1.39. The molecule has 22 aliphatic heterocycles. The predicted molar refractivity (Wildman–Crippen MR) is 334 cm³/mol. The Morgan fingerprint density at radius 2 is 0.439 bits per heavy atom. The van der Waals surface area contributed by atoms with E-state index in [2.05, 4.69) is 13.2 Å². The molecule has 22 heterocycles. The van der Waals surface area contributed by atoms with E-state index in [0.717, 1.165) is 0 Å². The van der Waals surface area contributed by atoms with E-state index in [-0.39, 0.29) is 26.4 Å². The van der Waals surface area contributed by atoms with E-state index >= 15 is 0 Å². The minimum Gasteiger partial charge on any atom is -0.491 e. The van der Waals surface area contributed by atoms with Gasteiger partial charge in [0.15, 0.2) is 37.7 Å². The van der Waals surface area contributed by atoms with Crippen LogP contribution in [0.15, 0.2) is 73.8 Å². The van der Waals surface area contributed by atoms with Crippen LogP contribution < -0.4 is 18.9 Å². The van der Waals surface area contributed by atoms with Crippen molar-refractivity contribution >= 4 is 0 Å². The van der Waals surface area contributed by atoms with Crippen molar-refractivity contribution in [3.8, 4) is 23.0 Å². The number of aliphatic hydroxyl groups is 4. The highest BCUT2D eigenvalue weighted by Gasteiger charge is 2.61. The molecular weight excluding hydrogens is 1300 g/mol. The van der Waals surface area contributed by atoms with Gasteiger partial charge in [0, 0.05) is 85.3 Å². The lowest BCUT2D eigenvalue weighted by molar-refractivity contribution is -0.409. The average Bonchev–Trinajstić information content (AvgIpc) is 0.767. The number of benzene rings is 2.